The van der Waals surface area contributed by atoms with E-state index in [1.807, 2.05) is 0 Å². The Balaban J connectivity index is 1.57. The summed E-state index contributed by atoms with van der Waals surface area (Å²) < 4.78 is 256. The number of benzene rings is 8. The van der Waals surface area contributed by atoms with Crippen molar-refractivity contribution in [2.24, 2.45) is 0 Å². The fourth-order valence-corrected chi connectivity index (χ4v) is 5.30. The molecule has 8 aromatic carbocycles. The molecular weight excluding hydrogens is 544 g/mol. The molecule has 0 spiro atoms. The summed E-state index contributed by atoms with van der Waals surface area (Å²) in [6, 6.07) is -27.2. The molecule has 0 fully saturated rings. The van der Waals surface area contributed by atoms with Gasteiger partial charge in [0.25, 0.3) is 0 Å². The minimum atomic E-state index is -1.15. The SMILES string of the molecule is [2H]c1c([2H])c([2H])c(-c2c([2H])c([2H])c([2H])c([2H])c2-c2c([2H])c([2H])c(-c3c4c([2H])c([2H])c([2H])c([2H])c4c(-c4c([2H])c([2H])c([2H])c5oc6c([2H])c([2H])c([2H])c([2H])c6c45)c4c([2H])c([2H])c([2H])c([2H])c34)c([2H])c2[2H])c([2H])c1[2H]. The Labute approximate surface area is 301 Å². The van der Waals surface area contributed by atoms with Crippen molar-refractivity contribution in [1.82, 2.24) is 0 Å². The van der Waals surface area contributed by atoms with Crippen molar-refractivity contribution >= 4 is 43.5 Å². The Kier molecular flexibility index (Phi) is 2.32. The number of hydrogen-bond acceptors (Lipinski definition) is 1. The van der Waals surface area contributed by atoms with Crippen LogP contribution in [0.2, 0.25) is 0 Å². The quantitative estimate of drug-likeness (QED) is 0.183. The maximum absolute atomic E-state index is 9.60. The first-order valence-corrected chi connectivity index (χ1v) is 13.2. The summed E-state index contributed by atoms with van der Waals surface area (Å²) in [7, 11) is 0. The van der Waals surface area contributed by atoms with Gasteiger partial charge in [0, 0.05) is 10.8 Å². The van der Waals surface area contributed by atoms with Crippen molar-refractivity contribution in [3.8, 4) is 44.5 Å². The Morgan fingerprint density at radius 3 is 1.40 bits per heavy atom. The van der Waals surface area contributed by atoms with Crippen LogP contribution in [0.25, 0.3) is 88.0 Å². The normalized spacial score (nSPS) is 20.3. The van der Waals surface area contributed by atoms with Gasteiger partial charge in [-0.15, -0.1) is 0 Å². The van der Waals surface area contributed by atoms with Crippen molar-refractivity contribution < 1.29 is 42.8 Å². The summed E-state index contributed by atoms with van der Waals surface area (Å²) in [5.41, 5.74) is -7.64. The number of rotatable bonds is 4. The van der Waals surface area contributed by atoms with Crippen LogP contribution in [0.4, 0.5) is 0 Å². The van der Waals surface area contributed by atoms with E-state index in [-0.39, 0.29) is 0 Å². The Morgan fingerprint density at radius 2 is 0.756 bits per heavy atom. The van der Waals surface area contributed by atoms with E-state index in [1.165, 1.54) is 0 Å². The summed E-state index contributed by atoms with van der Waals surface area (Å²) in [4.78, 5) is 0. The molecule has 1 nitrogen and oxygen atoms in total. The molecule has 0 amide bonds. The molecule has 0 aliphatic heterocycles. The largest absolute Gasteiger partial charge is 0.456 e. The van der Waals surface area contributed by atoms with E-state index in [0.717, 1.165) is 0 Å². The van der Waals surface area contributed by atoms with Gasteiger partial charge in [0.05, 0.1) is 38.4 Å². The lowest BCUT2D eigenvalue weighted by molar-refractivity contribution is 0.669. The third-order valence-corrected chi connectivity index (χ3v) is 7.14. The van der Waals surface area contributed by atoms with Crippen LogP contribution in [0.1, 0.15) is 38.4 Å². The molecular formula is C44H28O. The Morgan fingerprint density at radius 1 is 0.311 bits per heavy atom. The highest BCUT2D eigenvalue weighted by atomic mass is 16.3. The molecule has 9 rings (SSSR count). The van der Waals surface area contributed by atoms with Crippen LogP contribution in [0.3, 0.4) is 0 Å². The van der Waals surface area contributed by atoms with Crippen molar-refractivity contribution in [3.05, 3.63) is 169 Å². The Bertz CT molecular complexity index is 3980. The van der Waals surface area contributed by atoms with Crippen molar-refractivity contribution in [3.63, 3.8) is 0 Å². The lowest BCUT2D eigenvalue weighted by Gasteiger charge is -2.18. The van der Waals surface area contributed by atoms with E-state index in [2.05, 4.69) is 0 Å². The van der Waals surface area contributed by atoms with Gasteiger partial charge in [0.2, 0.25) is 0 Å². The fourth-order valence-electron chi connectivity index (χ4n) is 5.30. The lowest BCUT2D eigenvalue weighted by atomic mass is 9.84. The van der Waals surface area contributed by atoms with E-state index in [9.17, 15) is 12.3 Å². The second kappa shape index (κ2) is 10.4. The van der Waals surface area contributed by atoms with Crippen LogP contribution >= 0.6 is 0 Å². The molecule has 9 aromatic rings. The molecule has 210 valence electrons. The van der Waals surface area contributed by atoms with E-state index < -0.39 is 257 Å². The summed E-state index contributed by atoms with van der Waals surface area (Å²) in [6.07, 6.45) is 0. The minimum absolute atomic E-state index is 0.484. The zero-order valence-electron chi connectivity index (χ0n) is 50.4. The van der Waals surface area contributed by atoms with Gasteiger partial charge in [-0.2, -0.15) is 0 Å². The number of furan rings is 1. The second-order valence-electron chi connectivity index (χ2n) is 9.51. The van der Waals surface area contributed by atoms with Crippen molar-refractivity contribution in [2.75, 3.05) is 0 Å². The molecule has 0 unspecified atom stereocenters. The van der Waals surface area contributed by atoms with Gasteiger partial charge in [-0.1, -0.05) is 157 Å². The number of hydrogen-bond donors (Lipinski definition) is 0. The molecule has 1 heterocycles. The number of fused-ring (bicyclic) bond motifs is 5. The van der Waals surface area contributed by atoms with E-state index in [0.29, 0.717) is 0 Å². The van der Waals surface area contributed by atoms with Gasteiger partial charge in [-0.25, -0.2) is 0 Å². The van der Waals surface area contributed by atoms with Crippen LogP contribution in [-0.2, 0) is 0 Å². The first-order valence-electron chi connectivity index (χ1n) is 27.2. The van der Waals surface area contributed by atoms with E-state index in [1.54, 1.807) is 0 Å². The lowest BCUT2D eigenvalue weighted by Crippen LogP contribution is -1.91. The van der Waals surface area contributed by atoms with Gasteiger partial charge in [0.1, 0.15) is 11.2 Å². The smallest absolute Gasteiger partial charge is 0.136 e. The zero-order chi connectivity index (χ0) is 54.1. The fraction of sp³-hybridized carbons (Fsp3) is 0. The van der Waals surface area contributed by atoms with Gasteiger partial charge < -0.3 is 4.42 Å². The van der Waals surface area contributed by atoms with Gasteiger partial charge in [-0.3, -0.25) is 0 Å². The molecule has 0 aliphatic rings. The maximum Gasteiger partial charge on any atom is 0.136 e. The minimum Gasteiger partial charge on any atom is -0.456 e. The average molecular weight is 601 g/mol. The zero-order valence-corrected chi connectivity index (χ0v) is 22.4. The van der Waals surface area contributed by atoms with Crippen molar-refractivity contribution in [2.45, 2.75) is 0 Å². The summed E-state index contributed by atoms with van der Waals surface area (Å²) >= 11 is 0. The highest BCUT2D eigenvalue weighted by Gasteiger charge is 2.20. The molecule has 0 atom stereocenters. The molecule has 0 saturated heterocycles. The monoisotopic (exact) mass is 600 g/mol. The average Bonchev–Trinajstić information content (AvgIpc) is 3.76. The van der Waals surface area contributed by atoms with Crippen molar-refractivity contribution in [1.29, 1.82) is 0 Å². The van der Waals surface area contributed by atoms with Gasteiger partial charge in [-0.05, 0) is 78.1 Å². The highest BCUT2D eigenvalue weighted by molar-refractivity contribution is 6.25. The van der Waals surface area contributed by atoms with Crippen LogP contribution in [0.15, 0.2) is 174 Å². The van der Waals surface area contributed by atoms with Crippen LogP contribution < -0.4 is 0 Å². The number of para-hydroxylation sites is 1. The molecule has 0 N–H and O–H groups in total. The van der Waals surface area contributed by atoms with Gasteiger partial charge >= 0.3 is 0 Å². The molecule has 1 aromatic heterocycles. The summed E-state index contributed by atoms with van der Waals surface area (Å²) in [5.74, 6) is 0. The molecule has 45 heavy (non-hydrogen) atoms. The Hall–Kier alpha value is -5.92. The maximum atomic E-state index is 9.60. The first-order chi connectivity index (χ1) is 34.0. The second-order valence-corrected chi connectivity index (χ2v) is 9.51. The highest BCUT2D eigenvalue weighted by Crippen LogP contribution is 2.47. The standard InChI is InChI=1S/C44H28O/c1-2-13-29(14-3-1)32-15-4-5-16-33(32)30-25-27-31(28-26-30)42-34-17-6-8-19-36(34)43(37-20-9-7-18-35(37)42)39-22-12-24-41-44(39)38-21-10-11-23-40(38)45-41/h1-28H/i1D,2D,3D,4D,5D,6D,7D,8D,9D,10D,11D,12D,13D,14D,15D,16D,17D,18D,19D,20D,21D,22D,23D,24D,25D,26D,27D,28D. The molecule has 0 radical (unpaired) electrons. The third kappa shape index (κ3) is 4.09. The van der Waals surface area contributed by atoms with Gasteiger partial charge in [0.15, 0.2) is 0 Å². The summed E-state index contributed by atoms with van der Waals surface area (Å²) in [5, 5.41) is -3.99. The topological polar surface area (TPSA) is 13.1 Å². The first kappa shape index (κ1) is 10.1. The van der Waals surface area contributed by atoms with Crippen LogP contribution in [0.5, 0.6) is 0 Å². The predicted molar refractivity (Wildman–Crippen MR) is 190 cm³/mol. The third-order valence-electron chi connectivity index (χ3n) is 7.14. The molecule has 0 bridgehead atoms. The molecule has 0 saturated carbocycles. The van der Waals surface area contributed by atoms with Crippen LogP contribution in [0, 0.1) is 0 Å². The van der Waals surface area contributed by atoms with E-state index >= 15 is 0 Å². The van der Waals surface area contributed by atoms with E-state index in [4.69, 9.17) is 30.5 Å². The predicted octanol–water partition coefficient (Wildman–Crippen LogP) is 12.6. The molecule has 0 aliphatic carbocycles. The summed E-state index contributed by atoms with van der Waals surface area (Å²) in [6.45, 7) is 0. The van der Waals surface area contributed by atoms with Crippen LogP contribution in [-0.4, -0.2) is 0 Å². The molecule has 1 heteroatoms.